The molecule has 0 saturated carbocycles. The van der Waals surface area contributed by atoms with Crippen molar-refractivity contribution in [2.24, 2.45) is 5.73 Å². The first-order valence-electron chi connectivity index (χ1n) is 10.1. The van der Waals surface area contributed by atoms with Crippen molar-refractivity contribution in [2.75, 3.05) is 10.6 Å². The van der Waals surface area contributed by atoms with Crippen LogP contribution in [-0.2, 0) is 4.79 Å². The molecule has 1 atom stereocenters. The average molecular weight is 520 g/mol. The van der Waals surface area contributed by atoms with Gasteiger partial charge in [0.2, 0.25) is 5.91 Å². The summed E-state index contributed by atoms with van der Waals surface area (Å²) in [6, 6.07) is 11.9. The van der Waals surface area contributed by atoms with Crippen molar-refractivity contribution in [1.29, 1.82) is 0 Å². The third-order valence-electron chi connectivity index (χ3n) is 4.67. The Morgan fingerprint density at radius 1 is 1.00 bits per heavy atom. The van der Waals surface area contributed by atoms with Gasteiger partial charge in [-0.15, -0.1) is 0 Å². The number of benzene rings is 2. The molecule has 11 heteroatoms. The lowest BCUT2D eigenvalue weighted by Gasteiger charge is -2.33. The van der Waals surface area contributed by atoms with E-state index in [1.54, 1.807) is 48.5 Å². The number of anilines is 2. The van der Waals surface area contributed by atoms with Gasteiger partial charge in [0.1, 0.15) is 10.9 Å². The van der Waals surface area contributed by atoms with Gasteiger partial charge in [-0.2, -0.15) is 4.37 Å². The highest BCUT2D eigenvalue weighted by Crippen LogP contribution is 2.34. The van der Waals surface area contributed by atoms with Crippen LogP contribution in [0.2, 0.25) is 10.0 Å². The Kier molecular flexibility index (Phi) is 7.50. The zero-order valence-electron chi connectivity index (χ0n) is 18.6. The van der Waals surface area contributed by atoms with Crippen LogP contribution in [0.5, 0.6) is 0 Å². The Morgan fingerprint density at radius 3 is 2.00 bits per heavy atom. The van der Waals surface area contributed by atoms with Crippen molar-refractivity contribution in [3.05, 3.63) is 74.7 Å². The van der Waals surface area contributed by atoms with Crippen LogP contribution in [0.25, 0.3) is 0 Å². The van der Waals surface area contributed by atoms with Crippen molar-refractivity contribution in [2.45, 2.75) is 32.4 Å². The van der Waals surface area contributed by atoms with Crippen LogP contribution in [0, 0.1) is 0 Å². The number of hydrogen-bond acceptors (Lipinski definition) is 6. The van der Waals surface area contributed by atoms with E-state index in [1.807, 2.05) is 20.8 Å². The summed E-state index contributed by atoms with van der Waals surface area (Å²) < 4.78 is 3.93. The zero-order chi connectivity index (χ0) is 25.2. The van der Waals surface area contributed by atoms with Gasteiger partial charge in [0.15, 0.2) is 5.69 Å². The number of amides is 3. The number of aromatic nitrogens is 1. The molecule has 8 nitrogen and oxygen atoms in total. The summed E-state index contributed by atoms with van der Waals surface area (Å²) in [4.78, 5) is 40.4. The number of nitrogens with zero attached hydrogens (tertiary/aromatic N) is 2. The molecule has 2 aromatic carbocycles. The second-order valence-electron chi connectivity index (χ2n) is 8.48. The third kappa shape index (κ3) is 5.67. The standard InChI is InChI=1S/C23H23Cl2N5O3S/c1-23(2,3)28-21(32)18(12-4-6-13(24)7-5-12)30(15-10-8-14(25)9-11-15)22(33)19-16(26)17(20(27)31)29-34-19/h4-11,18H,26H2,1-3H3,(H2,27,31)(H,28,32)/t18-/m0/s1. The topological polar surface area (TPSA) is 131 Å². The zero-order valence-corrected chi connectivity index (χ0v) is 21.0. The van der Waals surface area contributed by atoms with Gasteiger partial charge in [-0.05, 0) is 74.3 Å². The maximum absolute atomic E-state index is 13.9. The lowest BCUT2D eigenvalue weighted by Crippen LogP contribution is -2.49. The van der Waals surface area contributed by atoms with E-state index in [4.69, 9.17) is 34.7 Å². The van der Waals surface area contributed by atoms with E-state index in [0.717, 1.165) is 11.5 Å². The molecule has 0 aliphatic rings. The SMILES string of the molecule is CC(C)(C)NC(=O)[C@H](c1ccc(Cl)cc1)N(C(=O)c1snc(C(N)=O)c1N)c1ccc(Cl)cc1. The molecule has 1 heterocycles. The maximum Gasteiger partial charge on any atom is 0.273 e. The maximum atomic E-state index is 13.9. The minimum atomic E-state index is -1.11. The van der Waals surface area contributed by atoms with Crippen LogP contribution < -0.4 is 21.7 Å². The Morgan fingerprint density at radius 2 is 1.53 bits per heavy atom. The quantitative estimate of drug-likeness (QED) is 0.443. The highest BCUT2D eigenvalue weighted by Gasteiger charge is 2.37. The van der Waals surface area contributed by atoms with Gasteiger partial charge in [-0.25, -0.2) is 0 Å². The lowest BCUT2D eigenvalue weighted by atomic mass is 10.0. The molecule has 0 aliphatic carbocycles. The van der Waals surface area contributed by atoms with Gasteiger partial charge in [0.05, 0.1) is 5.69 Å². The molecular formula is C23H23Cl2N5O3S. The molecule has 0 radical (unpaired) electrons. The van der Waals surface area contributed by atoms with Crippen LogP contribution in [0.4, 0.5) is 11.4 Å². The van der Waals surface area contributed by atoms with Gasteiger partial charge in [-0.3, -0.25) is 19.3 Å². The lowest BCUT2D eigenvalue weighted by molar-refractivity contribution is -0.123. The predicted molar refractivity (Wildman–Crippen MR) is 135 cm³/mol. The third-order valence-corrected chi connectivity index (χ3v) is 6.02. The summed E-state index contributed by atoms with van der Waals surface area (Å²) >= 11 is 12.9. The van der Waals surface area contributed by atoms with Crippen molar-refractivity contribution >= 4 is 63.8 Å². The summed E-state index contributed by atoms with van der Waals surface area (Å²) in [7, 11) is 0. The fraction of sp³-hybridized carbons (Fsp3) is 0.217. The summed E-state index contributed by atoms with van der Waals surface area (Å²) in [5.74, 6) is -1.92. The second kappa shape index (κ2) is 10.0. The average Bonchev–Trinajstić information content (AvgIpc) is 3.13. The fourth-order valence-electron chi connectivity index (χ4n) is 3.22. The van der Waals surface area contributed by atoms with Crippen LogP contribution >= 0.6 is 34.7 Å². The Bertz CT molecular complexity index is 1220. The van der Waals surface area contributed by atoms with E-state index in [1.165, 1.54) is 4.90 Å². The van der Waals surface area contributed by atoms with E-state index < -0.39 is 29.3 Å². The molecule has 3 amide bonds. The van der Waals surface area contributed by atoms with Gasteiger partial charge in [0.25, 0.3) is 11.8 Å². The van der Waals surface area contributed by atoms with E-state index in [9.17, 15) is 14.4 Å². The molecule has 3 rings (SSSR count). The summed E-state index contributed by atoms with van der Waals surface area (Å²) in [5, 5.41) is 3.85. The number of carbonyl (C=O) groups excluding carboxylic acids is 3. The van der Waals surface area contributed by atoms with E-state index in [-0.39, 0.29) is 16.3 Å². The van der Waals surface area contributed by atoms with Gasteiger partial charge < -0.3 is 16.8 Å². The second-order valence-corrected chi connectivity index (χ2v) is 10.1. The molecule has 3 aromatic rings. The van der Waals surface area contributed by atoms with Gasteiger partial charge in [0, 0.05) is 21.3 Å². The van der Waals surface area contributed by atoms with Gasteiger partial charge in [-0.1, -0.05) is 35.3 Å². The normalized spacial score (nSPS) is 12.1. The molecule has 0 spiro atoms. The Hall–Kier alpha value is -3.14. The first-order valence-corrected chi connectivity index (χ1v) is 11.6. The van der Waals surface area contributed by atoms with Crippen LogP contribution in [-0.4, -0.2) is 27.6 Å². The number of halogens is 2. The molecule has 0 aliphatic heterocycles. The van der Waals surface area contributed by atoms with E-state index in [0.29, 0.717) is 21.3 Å². The van der Waals surface area contributed by atoms with Crippen LogP contribution in [0.15, 0.2) is 48.5 Å². The summed E-state index contributed by atoms with van der Waals surface area (Å²) in [5.41, 5.74) is 11.3. The number of nitrogens with two attached hydrogens (primary N) is 2. The number of nitrogen functional groups attached to an aromatic ring is 1. The molecule has 34 heavy (non-hydrogen) atoms. The molecule has 178 valence electrons. The Balaban J connectivity index is 2.22. The Labute approximate surface area is 211 Å². The first kappa shape index (κ1) is 25.5. The molecule has 0 fully saturated rings. The van der Waals surface area contributed by atoms with Crippen molar-refractivity contribution < 1.29 is 14.4 Å². The number of hydrogen-bond donors (Lipinski definition) is 3. The molecule has 5 N–H and O–H groups in total. The van der Waals surface area contributed by atoms with Crippen LogP contribution in [0.3, 0.4) is 0 Å². The monoisotopic (exact) mass is 519 g/mol. The molecule has 1 aromatic heterocycles. The molecule has 0 saturated heterocycles. The van der Waals surface area contributed by atoms with E-state index >= 15 is 0 Å². The smallest absolute Gasteiger partial charge is 0.273 e. The minimum Gasteiger partial charge on any atom is -0.395 e. The molecule has 0 bridgehead atoms. The molecular weight excluding hydrogens is 497 g/mol. The number of nitrogens with one attached hydrogen (secondary N) is 1. The van der Waals surface area contributed by atoms with E-state index in [2.05, 4.69) is 9.69 Å². The first-order chi connectivity index (χ1) is 15.9. The highest BCUT2D eigenvalue weighted by molar-refractivity contribution is 7.09. The highest BCUT2D eigenvalue weighted by atomic mass is 35.5. The molecule has 0 unspecified atom stereocenters. The van der Waals surface area contributed by atoms with Crippen molar-refractivity contribution in [1.82, 2.24) is 9.69 Å². The number of primary amides is 1. The van der Waals surface area contributed by atoms with Gasteiger partial charge >= 0.3 is 0 Å². The fourth-order valence-corrected chi connectivity index (χ4v) is 4.22. The number of rotatable bonds is 6. The van der Waals surface area contributed by atoms with Crippen molar-refractivity contribution in [3.8, 4) is 0 Å². The predicted octanol–water partition coefficient (Wildman–Crippen LogP) is 4.43. The number of carbonyl (C=O) groups is 3. The van der Waals surface area contributed by atoms with Crippen molar-refractivity contribution in [3.63, 3.8) is 0 Å². The largest absolute Gasteiger partial charge is 0.395 e. The minimum absolute atomic E-state index is 0.0220. The summed E-state index contributed by atoms with van der Waals surface area (Å²) in [6.45, 7) is 5.50. The summed E-state index contributed by atoms with van der Waals surface area (Å²) in [6.07, 6.45) is 0. The van der Waals surface area contributed by atoms with Crippen LogP contribution in [0.1, 0.15) is 52.5 Å².